The molecule has 0 unspecified atom stereocenters. The Labute approximate surface area is 122 Å². The summed E-state index contributed by atoms with van der Waals surface area (Å²) in [7, 11) is 0. The summed E-state index contributed by atoms with van der Waals surface area (Å²) in [6.07, 6.45) is 9.44. The number of ether oxygens (including phenoxy) is 1. The molecule has 1 aliphatic carbocycles. The van der Waals surface area contributed by atoms with Crippen molar-refractivity contribution in [1.29, 1.82) is 0 Å². The zero-order valence-electron chi connectivity index (χ0n) is 12.6. The van der Waals surface area contributed by atoms with Crippen LogP contribution in [-0.4, -0.2) is 48.2 Å². The van der Waals surface area contributed by atoms with Gasteiger partial charge in [-0.05, 0) is 58.4 Å². The van der Waals surface area contributed by atoms with Crippen molar-refractivity contribution in [3.63, 3.8) is 0 Å². The molecule has 2 saturated heterocycles. The lowest BCUT2D eigenvalue weighted by Gasteiger charge is -2.26. The van der Waals surface area contributed by atoms with Crippen LogP contribution in [0.2, 0.25) is 0 Å². The maximum atomic E-state index is 12.5. The lowest BCUT2D eigenvalue weighted by atomic mass is 10.1. The van der Waals surface area contributed by atoms with Gasteiger partial charge in [-0.2, -0.15) is 0 Å². The van der Waals surface area contributed by atoms with E-state index in [0.29, 0.717) is 36.6 Å². The van der Waals surface area contributed by atoms with E-state index in [-0.39, 0.29) is 0 Å². The molecule has 2 aliphatic heterocycles. The molecule has 114 valence electrons. The van der Waals surface area contributed by atoms with Gasteiger partial charge in [-0.1, -0.05) is 0 Å². The monoisotopic (exact) mass is 280 g/mol. The van der Waals surface area contributed by atoms with Crippen LogP contribution < -0.4 is 5.32 Å². The van der Waals surface area contributed by atoms with Gasteiger partial charge in [0.1, 0.15) is 0 Å². The predicted octanol–water partition coefficient (Wildman–Crippen LogP) is 2.08. The maximum absolute atomic E-state index is 12.5. The van der Waals surface area contributed by atoms with Crippen LogP contribution in [0.4, 0.5) is 0 Å². The van der Waals surface area contributed by atoms with E-state index in [9.17, 15) is 4.79 Å². The summed E-state index contributed by atoms with van der Waals surface area (Å²) in [5.41, 5.74) is 0. The van der Waals surface area contributed by atoms with Crippen LogP contribution in [0.1, 0.15) is 58.3 Å². The summed E-state index contributed by atoms with van der Waals surface area (Å²) >= 11 is 0. The van der Waals surface area contributed by atoms with E-state index in [1.54, 1.807) is 0 Å². The van der Waals surface area contributed by atoms with E-state index in [1.165, 1.54) is 25.7 Å². The second-order valence-electron chi connectivity index (χ2n) is 6.76. The summed E-state index contributed by atoms with van der Waals surface area (Å²) < 4.78 is 5.82. The molecular weight excluding hydrogens is 252 g/mol. The molecule has 0 radical (unpaired) electrons. The van der Waals surface area contributed by atoms with Crippen molar-refractivity contribution < 1.29 is 9.53 Å². The highest BCUT2D eigenvalue weighted by molar-refractivity contribution is 5.77. The van der Waals surface area contributed by atoms with Crippen molar-refractivity contribution in [2.45, 2.75) is 82.6 Å². The van der Waals surface area contributed by atoms with Gasteiger partial charge in [-0.25, -0.2) is 0 Å². The number of rotatable bonds is 6. The molecule has 0 aromatic heterocycles. The van der Waals surface area contributed by atoms with E-state index < -0.39 is 0 Å². The zero-order valence-corrected chi connectivity index (χ0v) is 12.6. The average molecular weight is 280 g/mol. The van der Waals surface area contributed by atoms with Crippen LogP contribution >= 0.6 is 0 Å². The molecule has 0 bridgehead atoms. The SMILES string of the molecule is C[C@@H]1CC[C@H](CCC(=O)N(C[C@H]2CCCN2)C2CC2)O1. The van der Waals surface area contributed by atoms with Crippen LogP contribution in [0.3, 0.4) is 0 Å². The van der Waals surface area contributed by atoms with Crippen LogP contribution in [0.25, 0.3) is 0 Å². The second-order valence-corrected chi connectivity index (χ2v) is 6.76. The number of carbonyl (C=O) groups excluding carboxylic acids is 1. The Morgan fingerprint density at radius 3 is 2.70 bits per heavy atom. The second kappa shape index (κ2) is 6.44. The smallest absolute Gasteiger partial charge is 0.222 e. The first-order valence-corrected chi connectivity index (χ1v) is 8.40. The van der Waals surface area contributed by atoms with Gasteiger partial charge in [-0.15, -0.1) is 0 Å². The van der Waals surface area contributed by atoms with Crippen LogP contribution in [0, 0.1) is 0 Å². The molecule has 3 rings (SSSR count). The third-order valence-corrected chi connectivity index (χ3v) is 4.89. The number of hydrogen-bond donors (Lipinski definition) is 1. The Bertz CT molecular complexity index is 337. The summed E-state index contributed by atoms with van der Waals surface area (Å²) in [6, 6.07) is 1.07. The van der Waals surface area contributed by atoms with E-state index >= 15 is 0 Å². The molecular formula is C16H28N2O2. The number of nitrogens with one attached hydrogen (secondary N) is 1. The molecule has 20 heavy (non-hydrogen) atoms. The van der Waals surface area contributed by atoms with E-state index in [0.717, 1.165) is 32.4 Å². The van der Waals surface area contributed by atoms with Gasteiger partial charge >= 0.3 is 0 Å². The molecule has 3 fully saturated rings. The summed E-state index contributed by atoms with van der Waals surface area (Å²) in [5.74, 6) is 0.351. The third kappa shape index (κ3) is 3.73. The van der Waals surface area contributed by atoms with Crippen molar-refractivity contribution in [1.82, 2.24) is 10.2 Å². The van der Waals surface area contributed by atoms with Gasteiger partial charge in [0.2, 0.25) is 5.91 Å². The van der Waals surface area contributed by atoms with Gasteiger partial charge in [-0.3, -0.25) is 4.79 Å². The standard InChI is InChI=1S/C16H28N2O2/c1-12-4-7-15(20-12)8-9-16(19)18(14-5-6-14)11-13-3-2-10-17-13/h12-15,17H,2-11H2,1H3/t12-,13-,15-/m1/s1. The van der Waals surface area contributed by atoms with Crippen LogP contribution in [0.5, 0.6) is 0 Å². The first-order chi connectivity index (χ1) is 9.72. The Morgan fingerprint density at radius 1 is 1.25 bits per heavy atom. The summed E-state index contributed by atoms with van der Waals surface area (Å²) in [5, 5.41) is 3.51. The Hall–Kier alpha value is -0.610. The largest absolute Gasteiger partial charge is 0.375 e. The highest BCUT2D eigenvalue weighted by atomic mass is 16.5. The minimum Gasteiger partial charge on any atom is -0.375 e. The molecule has 3 atom stereocenters. The molecule has 1 N–H and O–H groups in total. The Kier molecular flexibility index (Phi) is 4.61. The lowest BCUT2D eigenvalue weighted by Crippen LogP contribution is -2.42. The van der Waals surface area contributed by atoms with Gasteiger partial charge in [0.15, 0.2) is 0 Å². The fourth-order valence-electron chi connectivity index (χ4n) is 3.52. The fourth-order valence-corrected chi connectivity index (χ4v) is 3.52. The minimum atomic E-state index is 0.319. The van der Waals surface area contributed by atoms with Gasteiger partial charge < -0.3 is 15.0 Å². The van der Waals surface area contributed by atoms with Crippen molar-refractivity contribution >= 4 is 5.91 Å². The van der Waals surface area contributed by atoms with Crippen molar-refractivity contribution in [3.05, 3.63) is 0 Å². The zero-order chi connectivity index (χ0) is 13.9. The van der Waals surface area contributed by atoms with Crippen molar-refractivity contribution in [3.8, 4) is 0 Å². The van der Waals surface area contributed by atoms with E-state index in [4.69, 9.17) is 4.74 Å². The minimum absolute atomic E-state index is 0.319. The molecule has 1 amide bonds. The van der Waals surface area contributed by atoms with Crippen molar-refractivity contribution in [2.24, 2.45) is 0 Å². The first kappa shape index (κ1) is 14.3. The van der Waals surface area contributed by atoms with E-state index in [2.05, 4.69) is 17.1 Å². The van der Waals surface area contributed by atoms with Gasteiger partial charge in [0.05, 0.1) is 12.2 Å². The molecule has 1 saturated carbocycles. The number of nitrogens with zero attached hydrogens (tertiary/aromatic N) is 1. The average Bonchev–Trinajstić information content (AvgIpc) is 2.97. The summed E-state index contributed by atoms with van der Waals surface area (Å²) in [4.78, 5) is 14.6. The predicted molar refractivity (Wildman–Crippen MR) is 78.6 cm³/mol. The molecule has 4 nitrogen and oxygen atoms in total. The Balaban J connectivity index is 1.45. The topological polar surface area (TPSA) is 41.6 Å². The third-order valence-electron chi connectivity index (χ3n) is 4.89. The number of amides is 1. The number of hydrogen-bond acceptors (Lipinski definition) is 3. The highest BCUT2D eigenvalue weighted by Gasteiger charge is 2.34. The molecule has 0 aromatic carbocycles. The number of carbonyl (C=O) groups is 1. The summed E-state index contributed by atoms with van der Waals surface area (Å²) in [6.45, 7) is 4.17. The van der Waals surface area contributed by atoms with Gasteiger partial charge in [0, 0.05) is 25.0 Å². The van der Waals surface area contributed by atoms with Crippen LogP contribution in [-0.2, 0) is 9.53 Å². The maximum Gasteiger partial charge on any atom is 0.222 e. The Morgan fingerprint density at radius 2 is 2.10 bits per heavy atom. The fraction of sp³-hybridized carbons (Fsp3) is 0.938. The van der Waals surface area contributed by atoms with Gasteiger partial charge in [0.25, 0.3) is 0 Å². The quantitative estimate of drug-likeness (QED) is 0.810. The van der Waals surface area contributed by atoms with Crippen LogP contribution in [0.15, 0.2) is 0 Å². The van der Waals surface area contributed by atoms with Crippen molar-refractivity contribution in [2.75, 3.05) is 13.1 Å². The molecule has 0 spiro atoms. The molecule has 0 aromatic rings. The molecule has 3 aliphatic rings. The normalized spacial score (nSPS) is 33.5. The lowest BCUT2D eigenvalue weighted by molar-refractivity contribution is -0.132. The van der Waals surface area contributed by atoms with E-state index in [1.807, 2.05) is 0 Å². The highest BCUT2D eigenvalue weighted by Crippen LogP contribution is 2.29. The molecule has 2 heterocycles. The molecule has 4 heteroatoms. The first-order valence-electron chi connectivity index (χ1n) is 8.40.